The molecule has 1 unspecified atom stereocenters. The average molecular weight is 300 g/mol. The van der Waals surface area contributed by atoms with Crippen LogP contribution in [0.4, 0.5) is 11.4 Å². The van der Waals surface area contributed by atoms with Gasteiger partial charge in [-0.25, -0.2) is 0 Å². The van der Waals surface area contributed by atoms with Crippen LogP contribution in [-0.4, -0.2) is 23.4 Å². The maximum atomic E-state index is 12.0. The lowest BCUT2D eigenvalue weighted by molar-refractivity contribution is -0.384. The summed E-state index contributed by atoms with van der Waals surface area (Å²) in [5.41, 5.74) is 0.219. The first-order valence-electron chi connectivity index (χ1n) is 6.43. The number of hydrogen-bond donors (Lipinski definition) is 2. The third kappa shape index (κ3) is 3.84. The first-order valence-corrected chi connectivity index (χ1v) is 6.81. The van der Waals surface area contributed by atoms with Gasteiger partial charge in [0.2, 0.25) is 0 Å². The second kappa shape index (κ2) is 7.09. The third-order valence-corrected chi connectivity index (χ3v) is 3.17. The highest BCUT2D eigenvalue weighted by Crippen LogP contribution is 2.33. The van der Waals surface area contributed by atoms with E-state index in [0.29, 0.717) is 6.54 Å². The van der Waals surface area contributed by atoms with E-state index < -0.39 is 4.92 Å². The molecule has 0 radical (unpaired) electrons. The first-order chi connectivity index (χ1) is 9.40. The molecule has 7 heteroatoms. The van der Waals surface area contributed by atoms with Gasteiger partial charge < -0.3 is 10.6 Å². The Hall–Kier alpha value is -1.82. The smallest absolute Gasteiger partial charge is 0.294 e. The molecule has 20 heavy (non-hydrogen) atoms. The van der Waals surface area contributed by atoms with Crippen molar-refractivity contribution in [2.75, 3.05) is 11.9 Å². The summed E-state index contributed by atoms with van der Waals surface area (Å²) in [6.45, 7) is 6.11. The van der Waals surface area contributed by atoms with Crippen LogP contribution in [0.2, 0.25) is 5.02 Å². The van der Waals surface area contributed by atoms with Gasteiger partial charge in [-0.3, -0.25) is 14.9 Å². The molecule has 0 bridgehead atoms. The molecule has 0 aliphatic carbocycles. The van der Waals surface area contributed by atoms with Crippen LogP contribution in [0.5, 0.6) is 0 Å². The van der Waals surface area contributed by atoms with Crippen molar-refractivity contribution in [2.24, 2.45) is 0 Å². The van der Waals surface area contributed by atoms with E-state index in [1.54, 1.807) is 0 Å². The molecule has 1 atom stereocenters. The highest BCUT2D eigenvalue weighted by Gasteiger charge is 2.21. The van der Waals surface area contributed by atoms with Crippen LogP contribution < -0.4 is 10.6 Å². The summed E-state index contributed by atoms with van der Waals surface area (Å²) in [6.07, 6.45) is 0.775. The van der Waals surface area contributed by atoms with Crippen molar-refractivity contribution in [3.05, 3.63) is 32.8 Å². The van der Waals surface area contributed by atoms with Crippen molar-refractivity contribution in [2.45, 2.75) is 33.2 Å². The number of amides is 1. The molecule has 0 spiro atoms. The molecule has 1 rings (SSSR count). The van der Waals surface area contributed by atoms with Gasteiger partial charge in [0, 0.05) is 24.2 Å². The summed E-state index contributed by atoms with van der Waals surface area (Å²) in [5, 5.41) is 16.8. The molecule has 1 aromatic rings. The largest absolute Gasteiger partial charge is 0.379 e. The maximum absolute atomic E-state index is 12.0. The fourth-order valence-corrected chi connectivity index (χ4v) is 1.91. The highest BCUT2D eigenvalue weighted by atomic mass is 35.5. The lowest BCUT2D eigenvalue weighted by atomic mass is 10.1. The normalized spacial score (nSPS) is 11.8. The molecule has 0 saturated carbocycles. The van der Waals surface area contributed by atoms with Gasteiger partial charge in [0.05, 0.1) is 9.95 Å². The van der Waals surface area contributed by atoms with E-state index >= 15 is 0 Å². The molecule has 1 aromatic carbocycles. The molecule has 110 valence electrons. The number of halogens is 1. The van der Waals surface area contributed by atoms with Gasteiger partial charge in [0.15, 0.2) is 0 Å². The van der Waals surface area contributed by atoms with E-state index in [1.807, 2.05) is 20.8 Å². The molecule has 0 aliphatic rings. The fourth-order valence-electron chi connectivity index (χ4n) is 1.63. The Balaban J connectivity index is 3.17. The number of hydrogen-bond acceptors (Lipinski definition) is 4. The highest BCUT2D eigenvalue weighted by molar-refractivity contribution is 6.34. The quantitative estimate of drug-likeness (QED) is 0.624. The van der Waals surface area contributed by atoms with Crippen molar-refractivity contribution in [3.8, 4) is 0 Å². The van der Waals surface area contributed by atoms with E-state index in [9.17, 15) is 14.9 Å². The topological polar surface area (TPSA) is 84.3 Å². The van der Waals surface area contributed by atoms with Crippen LogP contribution in [0.15, 0.2) is 12.1 Å². The predicted molar refractivity (Wildman–Crippen MR) is 79.5 cm³/mol. The summed E-state index contributed by atoms with van der Waals surface area (Å²) in [5.74, 6) is -0.368. The van der Waals surface area contributed by atoms with Crippen LogP contribution >= 0.6 is 11.6 Å². The van der Waals surface area contributed by atoms with Crippen molar-refractivity contribution in [1.82, 2.24) is 5.32 Å². The van der Waals surface area contributed by atoms with Crippen molar-refractivity contribution in [3.63, 3.8) is 0 Å². The number of benzene rings is 1. The van der Waals surface area contributed by atoms with Crippen LogP contribution in [0.3, 0.4) is 0 Å². The standard InChI is InChI=1S/C13H18ClN3O3/c1-4-8(3)16-13(18)9-6-10(14)12(15-5-2)11(7-9)17(19)20/h6-8,15H,4-5H2,1-3H3,(H,16,18). The molecule has 0 saturated heterocycles. The molecule has 0 aliphatic heterocycles. The van der Waals surface area contributed by atoms with Crippen LogP contribution in [0.1, 0.15) is 37.6 Å². The fraction of sp³-hybridized carbons (Fsp3) is 0.462. The number of carbonyl (C=O) groups excluding carboxylic acids is 1. The number of nitrogens with zero attached hydrogens (tertiary/aromatic N) is 1. The Labute approximate surface area is 122 Å². The Bertz CT molecular complexity index is 520. The van der Waals surface area contributed by atoms with Gasteiger partial charge in [-0.05, 0) is 26.3 Å². The first kappa shape index (κ1) is 16.2. The summed E-state index contributed by atoms with van der Waals surface area (Å²) in [7, 11) is 0. The summed E-state index contributed by atoms with van der Waals surface area (Å²) >= 11 is 6.02. The third-order valence-electron chi connectivity index (χ3n) is 2.87. The molecule has 0 heterocycles. The van der Waals surface area contributed by atoms with E-state index in [4.69, 9.17) is 11.6 Å². The van der Waals surface area contributed by atoms with E-state index in [-0.39, 0.29) is 33.9 Å². The van der Waals surface area contributed by atoms with Crippen LogP contribution in [0.25, 0.3) is 0 Å². The SMILES string of the molecule is CCNc1c(Cl)cc(C(=O)NC(C)CC)cc1[N+](=O)[O-]. The Morgan fingerprint density at radius 3 is 2.60 bits per heavy atom. The molecule has 0 fully saturated rings. The number of nitro benzene ring substituents is 1. The number of carbonyl (C=O) groups is 1. The summed E-state index contributed by atoms with van der Waals surface area (Å²) in [6, 6.07) is 2.67. The number of rotatable bonds is 6. The summed E-state index contributed by atoms with van der Waals surface area (Å²) < 4.78 is 0. The molecule has 2 N–H and O–H groups in total. The molecule has 6 nitrogen and oxygen atoms in total. The van der Waals surface area contributed by atoms with Gasteiger partial charge in [0.25, 0.3) is 11.6 Å². The van der Waals surface area contributed by atoms with Gasteiger partial charge in [0.1, 0.15) is 5.69 Å². The van der Waals surface area contributed by atoms with Crippen LogP contribution in [0, 0.1) is 10.1 Å². The minimum atomic E-state index is -0.552. The minimum absolute atomic E-state index is 0.00576. The zero-order chi connectivity index (χ0) is 15.3. The number of nitrogens with one attached hydrogen (secondary N) is 2. The Morgan fingerprint density at radius 1 is 1.45 bits per heavy atom. The molecule has 1 amide bonds. The number of nitro groups is 1. The second-order valence-corrected chi connectivity index (χ2v) is 4.83. The Kier molecular flexibility index (Phi) is 5.76. The summed E-state index contributed by atoms with van der Waals surface area (Å²) in [4.78, 5) is 22.5. The zero-order valence-corrected chi connectivity index (χ0v) is 12.5. The lowest BCUT2D eigenvalue weighted by Gasteiger charge is -2.13. The molecule has 0 aromatic heterocycles. The van der Waals surface area contributed by atoms with Crippen molar-refractivity contribution in [1.29, 1.82) is 0 Å². The van der Waals surface area contributed by atoms with E-state index in [1.165, 1.54) is 12.1 Å². The average Bonchev–Trinajstić information content (AvgIpc) is 2.40. The lowest BCUT2D eigenvalue weighted by Crippen LogP contribution is -2.32. The van der Waals surface area contributed by atoms with Gasteiger partial charge in [-0.1, -0.05) is 18.5 Å². The minimum Gasteiger partial charge on any atom is -0.379 e. The van der Waals surface area contributed by atoms with Gasteiger partial charge in [-0.15, -0.1) is 0 Å². The number of anilines is 1. The maximum Gasteiger partial charge on any atom is 0.294 e. The monoisotopic (exact) mass is 299 g/mol. The van der Waals surface area contributed by atoms with Gasteiger partial charge in [-0.2, -0.15) is 0 Å². The molecular formula is C13H18ClN3O3. The second-order valence-electron chi connectivity index (χ2n) is 4.42. The van der Waals surface area contributed by atoms with Crippen molar-refractivity contribution >= 4 is 28.9 Å². The molecular weight excluding hydrogens is 282 g/mol. The Morgan fingerprint density at radius 2 is 2.10 bits per heavy atom. The van der Waals surface area contributed by atoms with E-state index in [2.05, 4.69) is 10.6 Å². The van der Waals surface area contributed by atoms with E-state index in [0.717, 1.165) is 6.42 Å². The van der Waals surface area contributed by atoms with Crippen molar-refractivity contribution < 1.29 is 9.72 Å². The predicted octanol–water partition coefficient (Wildman–Crippen LogP) is 3.21. The van der Waals surface area contributed by atoms with Crippen LogP contribution in [-0.2, 0) is 0 Å². The van der Waals surface area contributed by atoms with Gasteiger partial charge >= 0.3 is 0 Å². The zero-order valence-electron chi connectivity index (χ0n) is 11.7.